The number of imidazole rings is 1. The van der Waals surface area contributed by atoms with Gasteiger partial charge in [-0.3, -0.25) is 4.57 Å². The number of anilines is 1. The summed E-state index contributed by atoms with van der Waals surface area (Å²) in [4.78, 5) is 12.4. The largest absolute Gasteiger partial charge is 0.382 e. The molecule has 3 rings (SSSR count). The van der Waals surface area contributed by atoms with Crippen molar-refractivity contribution in [1.82, 2.24) is 19.5 Å². The molecule has 1 fully saturated rings. The Morgan fingerprint density at radius 3 is 3.06 bits per heavy atom. The highest BCUT2D eigenvalue weighted by atomic mass is 32.1. The van der Waals surface area contributed by atoms with Crippen LogP contribution in [0.5, 0.6) is 0 Å². The van der Waals surface area contributed by atoms with Gasteiger partial charge in [0.05, 0.1) is 12.4 Å². The minimum absolute atomic E-state index is 0.0218. The highest BCUT2D eigenvalue weighted by Gasteiger charge is 2.27. The average Bonchev–Trinajstić information content (AvgIpc) is 2.94. The Balaban J connectivity index is 1.99. The third-order valence-corrected chi connectivity index (χ3v) is 3.39. The molecule has 0 spiro atoms. The van der Waals surface area contributed by atoms with E-state index in [1.54, 1.807) is 6.33 Å². The maximum Gasteiger partial charge on any atom is 0.167 e. The van der Waals surface area contributed by atoms with Gasteiger partial charge in [0, 0.05) is 5.75 Å². The number of fused-ring (bicyclic) bond motifs is 1. The van der Waals surface area contributed by atoms with Crippen LogP contribution in [-0.4, -0.2) is 31.4 Å². The summed E-state index contributed by atoms with van der Waals surface area (Å²) >= 11 is 4.25. The van der Waals surface area contributed by atoms with Crippen LogP contribution in [0.2, 0.25) is 0 Å². The Labute approximate surface area is 104 Å². The number of ether oxygens (including phenoxy) is 1. The fraction of sp³-hybridized carbons (Fsp3) is 0.500. The van der Waals surface area contributed by atoms with Gasteiger partial charge in [-0.25, -0.2) is 15.0 Å². The molecule has 2 aromatic rings. The predicted octanol–water partition coefficient (Wildman–Crippen LogP) is 1.02. The van der Waals surface area contributed by atoms with Crippen molar-refractivity contribution in [2.75, 3.05) is 11.5 Å². The lowest BCUT2D eigenvalue weighted by molar-refractivity contribution is 0.0155. The van der Waals surface area contributed by atoms with Gasteiger partial charge in [0.25, 0.3) is 0 Å². The van der Waals surface area contributed by atoms with E-state index in [9.17, 15) is 0 Å². The molecule has 2 aromatic heterocycles. The summed E-state index contributed by atoms with van der Waals surface area (Å²) in [7, 11) is 0. The maximum absolute atomic E-state index is 5.85. The van der Waals surface area contributed by atoms with Gasteiger partial charge < -0.3 is 10.5 Å². The number of nitrogen functional groups attached to an aromatic ring is 1. The summed E-state index contributed by atoms with van der Waals surface area (Å²) in [6, 6.07) is 0. The summed E-state index contributed by atoms with van der Waals surface area (Å²) in [6.07, 6.45) is 5.29. The molecule has 0 aromatic carbocycles. The predicted molar refractivity (Wildman–Crippen MR) is 66.7 cm³/mol. The smallest absolute Gasteiger partial charge is 0.167 e. The summed E-state index contributed by atoms with van der Waals surface area (Å²) in [6.45, 7) is 0. The van der Waals surface area contributed by atoms with Gasteiger partial charge in [-0.05, 0) is 12.8 Å². The quantitative estimate of drug-likeness (QED) is 0.779. The first-order valence-electron chi connectivity index (χ1n) is 5.49. The monoisotopic (exact) mass is 251 g/mol. The van der Waals surface area contributed by atoms with Crippen LogP contribution in [0.1, 0.15) is 19.1 Å². The first-order valence-corrected chi connectivity index (χ1v) is 6.12. The maximum atomic E-state index is 5.85. The van der Waals surface area contributed by atoms with Crippen LogP contribution in [0.25, 0.3) is 11.2 Å². The molecule has 0 amide bonds. The number of nitrogens with zero attached hydrogens (tertiary/aromatic N) is 4. The lowest BCUT2D eigenvalue weighted by Gasteiger charge is -2.13. The van der Waals surface area contributed by atoms with E-state index in [1.165, 1.54) is 6.33 Å². The van der Waals surface area contributed by atoms with Crippen LogP contribution in [0, 0.1) is 0 Å². The number of hydrogen-bond donors (Lipinski definition) is 2. The number of hydrogen-bond acceptors (Lipinski definition) is 6. The van der Waals surface area contributed by atoms with Gasteiger partial charge in [0.2, 0.25) is 0 Å². The number of rotatable bonds is 2. The van der Waals surface area contributed by atoms with Crippen molar-refractivity contribution < 1.29 is 4.74 Å². The molecule has 0 saturated carbocycles. The second-order valence-corrected chi connectivity index (χ2v) is 4.42. The third-order valence-electron chi connectivity index (χ3n) is 2.99. The molecule has 2 atom stereocenters. The van der Waals surface area contributed by atoms with Crippen LogP contribution in [0.3, 0.4) is 0 Å². The van der Waals surface area contributed by atoms with E-state index < -0.39 is 0 Å². The van der Waals surface area contributed by atoms with Crippen molar-refractivity contribution in [2.45, 2.75) is 25.2 Å². The molecular formula is C10H13N5OS. The zero-order valence-electron chi connectivity index (χ0n) is 9.15. The molecule has 2 unspecified atom stereocenters. The molecule has 17 heavy (non-hydrogen) atoms. The van der Waals surface area contributed by atoms with Gasteiger partial charge >= 0.3 is 0 Å². The van der Waals surface area contributed by atoms with Crippen LogP contribution in [0.4, 0.5) is 5.82 Å². The van der Waals surface area contributed by atoms with E-state index in [2.05, 4.69) is 27.6 Å². The van der Waals surface area contributed by atoms with E-state index in [0.717, 1.165) is 24.2 Å². The molecule has 6 nitrogen and oxygen atoms in total. The molecule has 7 heteroatoms. The van der Waals surface area contributed by atoms with Crippen molar-refractivity contribution in [3.8, 4) is 0 Å². The first kappa shape index (κ1) is 10.8. The van der Waals surface area contributed by atoms with Crippen molar-refractivity contribution >= 4 is 29.6 Å². The van der Waals surface area contributed by atoms with Gasteiger partial charge in [0.1, 0.15) is 18.1 Å². The minimum atomic E-state index is -0.0218. The summed E-state index contributed by atoms with van der Waals surface area (Å²) < 4.78 is 7.76. The summed E-state index contributed by atoms with van der Waals surface area (Å²) in [5.74, 6) is 1.14. The van der Waals surface area contributed by atoms with Gasteiger partial charge in [-0.1, -0.05) is 0 Å². The molecule has 0 aliphatic carbocycles. The third kappa shape index (κ3) is 1.75. The Kier molecular flexibility index (Phi) is 2.64. The van der Waals surface area contributed by atoms with Crippen molar-refractivity contribution in [3.63, 3.8) is 0 Å². The normalized spacial score (nSPS) is 24.5. The van der Waals surface area contributed by atoms with E-state index >= 15 is 0 Å². The molecule has 0 radical (unpaired) electrons. The Hall–Kier alpha value is -1.34. The zero-order chi connectivity index (χ0) is 11.8. The fourth-order valence-electron chi connectivity index (χ4n) is 2.11. The van der Waals surface area contributed by atoms with Crippen molar-refractivity contribution in [2.24, 2.45) is 0 Å². The van der Waals surface area contributed by atoms with Crippen molar-refractivity contribution in [3.05, 3.63) is 12.7 Å². The first-order chi connectivity index (χ1) is 8.29. The average molecular weight is 251 g/mol. The SMILES string of the molecule is Nc1ncnc2c1ncn2C1CCC(CS)O1. The Morgan fingerprint density at radius 2 is 2.29 bits per heavy atom. The van der Waals surface area contributed by atoms with Gasteiger partial charge in [-0.2, -0.15) is 12.6 Å². The molecule has 3 heterocycles. The van der Waals surface area contributed by atoms with Crippen LogP contribution in [-0.2, 0) is 4.74 Å². The van der Waals surface area contributed by atoms with Gasteiger partial charge in [-0.15, -0.1) is 0 Å². The number of nitrogens with two attached hydrogens (primary N) is 1. The molecule has 2 N–H and O–H groups in total. The zero-order valence-corrected chi connectivity index (χ0v) is 10.0. The highest BCUT2D eigenvalue weighted by molar-refractivity contribution is 7.80. The minimum Gasteiger partial charge on any atom is -0.382 e. The summed E-state index contributed by atoms with van der Waals surface area (Å²) in [5.41, 5.74) is 7.10. The number of aromatic nitrogens is 4. The fourth-order valence-corrected chi connectivity index (χ4v) is 2.38. The van der Waals surface area contributed by atoms with E-state index in [0.29, 0.717) is 11.3 Å². The van der Waals surface area contributed by atoms with Crippen LogP contribution < -0.4 is 5.73 Å². The summed E-state index contributed by atoms with van der Waals surface area (Å²) in [5, 5.41) is 0. The molecular weight excluding hydrogens is 238 g/mol. The van der Waals surface area contributed by atoms with Crippen molar-refractivity contribution in [1.29, 1.82) is 0 Å². The standard InChI is InChI=1S/C10H13N5OS/c11-9-8-10(13-4-12-9)15(5-14-8)7-2-1-6(3-17)16-7/h4-7,17H,1-3H2,(H2,11,12,13). The molecule has 0 bridgehead atoms. The topological polar surface area (TPSA) is 78.9 Å². The lowest BCUT2D eigenvalue weighted by Crippen LogP contribution is -2.12. The lowest BCUT2D eigenvalue weighted by atomic mass is 10.2. The number of thiol groups is 1. The van der Waals surface area contributed by atoms with Gasteiger partial charge in [0.15, 0.2) is 11.5 Å². The van der Waals surface area contributed by atoms with E-state index in [4.69, 9.17) is 10.5 Å². The van der Waals surface area contributed by atoms with E-state index in [-0.39, 0.29) is 12.3 Å². The Morgan fingerprint density at radius 1 is 1.41 bits per heavy atom. The van der Waals surface area contributed by atoms with Crippen LogP contribution >= 0.6 is 12.6 Å². The Bertz CT molecular complexity index is 542. The highest BCUT2D eigenvalue weighted by Crippen LogP contribution is 2.31. The molecule has 90 valence electrons. The van der Waals surface area contributed by atoms with E-state index in [1.807, 2.05) is 4.57 Å². The van der Waals surface area contributed by atoms with Crippen LogP contribution in [0.15, 0.2) is 12.7 Å². The molecule has 1 aliphatic heterocycles. The molecule has 1 saturated heterocycles. The second kappa shape index (κ2) is 4.15. The second-order valence-electron chi connectivity index (χ2n) is 4.06. The molecule has 1 aliphatic rings.